The summed E-state index contributed by atoms with van der Waals surface area (Å²) in [5, 5.41) is 3.20. The van der Waals surface area contributed by atoms with Crippen molar-refractivity contribution < 1.29 is 26.4 Å². The molecule has 8 nitrogen and oxygen atoms in total. The van der Waals surface area contributed by atoms with Crippen LogP contribution >= 0.6 is 11.6 Å². The Balaban J connectivity index is 2.59. The van der Waals surface area contributed by atoms with Crippen LogP contribution in [-0.4, -0.2) is 31.6 Å². The van der Waals surface area contributed by atoms with Gasteiger partial charge in [0.05, 0.1) is 17.7 Å². The highest BCUT2D eigenvalue weighted by molar-refractivity contribution is 7.78. The molecule has 0 fully saturated rings. The molecule has 0 saturated carbocycles. The lowest BCUT2D eigenvalue weighted by atomic mass is 10.2. The van der Waals surface area contributed by atoms with E-state index in [0.717, 1.165) is 20.1 Å². The number of aromatic nitrogens is 3. The van der Waals surface area contributed by atoms with E-state index in [9.17, 15) is 27.0 Å². The standard InChI is InChI=1S/C12H10ClF3N4O4S/c1-5-17-20(12(22)19(5)11(15)16)9-3-6(7(13)4-8(9)14)10(21)18-25(23)24-2/h3-4,11H,1-2H3,(H,18,21). The number of carbonyl (C=O) groups is 1. The van der Waals surface area contributed by atoms with E-state index in [-0.39, 0.29) is 21.0 Å². The molecule has 25 heavy (non-hydrogen) atoms. The zero-order valence-corrected chi connectivity index (χ0v) is 14.2. The lowest BCUT2D eigenvalue weighted by Gasteiger charge is -2.08. The third-order valence-electron chi connectivity index (χ3n) is 3.01. The molecule has 13 heteroatoms. The number of alkyl halides is 2. The van der Waals surface area contributed by atoms with Gasteiger partial charge in [-0.2, -0.15) is 13.5 Å². The molecule has 1 unspecified atom stereocenters. The van der Waals surface area contributed by atoms with Crippen LogP contribution in [0, 0.1) is 12.7 Å². The molecule has 1 N–H and O–H groups in total. The van der Waals surface area contributed by atoms with Gasteiger partial charge in [0.25, 0.3) is 17.2 Å². The Hall–Kier alpha value is -2.18. The van der Waals surface area contributed by atoms with Crippen LogP contribution in [-0.2, 0) is 15.4 Å². The SMILES string of the molecule is COS(=O)NC(=O)c1cc(-n2nc(C)n(C(F)F)c2=O)c(F)cc1Cl. The van der Waals surface area contributed by atoms with Crippen molar-refractivity contribution in [1.82, 2.24) is 19.1 Å². The summed E-state index contributed by atoms with van der Waals surface area (Å²) in [5.41, 5.74) is -2.24. The van der Waals surface area contributed by atoms with Gasteiger partial charge in [0.15, 0.2) is 5.82 Å². The van der Waals surface area contributed by atoms with E-state index < -0.39 is 40.9 Å². The molecule has 0 spiro atoms. The molecular weight excluding hydrogens is 389 g/mol. The zero-order chi connectivity index (χ0) is 18.9. The van der Waals surface area contributed by atoms with Gasteiger partial charge in [-0.3, -0.25) is 8.98 Å². The molecule has 2 aromatic rings. The first-order chi connectivity index (χ1) is 11.7. The molecule has 0 saturated heterocycles. The minimum atomic E-state index is -3.18. The summed E-state index contributed by atoms with van der Waals surface area (Å²) in [6.45, 7) is -2.05. The number of carbonyl (C=O) groups excluding carboxylic acids is 1. The first-order valence-electron chi connectivity index (χ1n) is 6.40. The topological polar surface area (TPSA) is 95.2 Å². The van der Waals surface area contributed by atoms with Crippen molar-refractivity contribution in [3.8, 4) is 5.69 Å². The fourth-order valence-corrected chi connectivity index (χ4v) is 2.48. The van der Waals surface area contributed by atoms with Crippen LogP contribution in [0.2, 0.25) is 5.02 Å². The second-order valence-corrected chi connectivity index (χ2v) is 5.92. The summed E-state index contributed by atoms with van der Waals surface area (Å²) < 4.78 is 57.7. The highest BCUT2D eigenvalue weighted by atomic mass is 35.5. The van der Waals surface area contributed by atoms with Gasteiger partial charge < -0.3 is 0 Å². The van der Waals surface area contributed by atoms with E-state index in [1.54, 1.807) is 0 Å². The summed E-state index contributed by atoms with van der Waals surface area (Å²) in [7, 11) is 1.06. The fraction of sp³-hybridized carbons (Fsp3) is 0.250. The molecule has 0 aliphatic heterocycles. The number of nitrogens with zero attached hydrogens (tertiary/aromatic N) is 3. The van der Waals surface area contributed by atoms with E-state index in [4.69, 9.17) is 11.6 Å². The summed E-state index contributed by atoms with van der Waals surface area (Å²) in [6.07, 6.45) is 0. The average molecular weight is 399 g/mol. The van der Waals surface area contributed by atoms with Gasteiger partial charge in [-0.05, 0) is 19.1 Å². The highest BCUT2D eigenvalue weighted by Crippen LogP contribution is 2.23. The van der Waals surface area contributed by atoms with E-state index in [2.05, 4.69) is 9.28 Å². The maximum absolute atomic E-state index is 14.1. The quantitative estimate of drug-likeness (QED) is 0.823. The van der Waals surface area contributed by atoms with Crippen molar-refractivity contribution in [2.24, 2.45) is 0 Å². The molecule has 1 aromatic carbocycles. The molecule has 1 atom stereocenters. The highest BCUT2D eigenvalue weighted by Gasteiger charge is 2.23. The second-order valence-electron chi connectivity index (χ2n) is 4.51. The third-order valence-corrected chi connectivity index (χ3v) is 3.98. The molecule has 2 rings (SSSR count). The molecule has 1 amide bonds. The zero-order valence-electron chi connectivity index (χ0n) is 12.6. The summed E-state index contributed by atoms with van der Waals surface area (Å²) in [5.74, 6) is -2.43. The second kappa shape index (κ2) is 7.37. The van der Waals surface area contributed by atoms with Gasteiger partial charge in [0, 0.05) is 0 Å². The van der Waals surface area contributed by atoms with Crippen molar-refractivity contribution in [3.63, 3.8) is 0 Å². The van der Waals surface area contributed by atoms with Crippen LogP contribution in [0.1, 0.15) is 22.7 Å². The summed E-state index contributed by atoms with van der Waals surface area (Å²) in [6, 6.07) is 1.52. The van der Waals surface area contributed by atoms with E-state index in [1.165, 1.54) is 0 Å². The van der Waals surface area contributed by atoms with Crippen molar-refractivity contribution in [2.45, 2.75) is 13.5 Å². The number of amides is 1. The number of hydrogen-bond acceptors (Lipinski definition) is 5. The minimum absolute atomic E-state index is 0.0494. The normalized spacial score (nSPS) is 12.4. The number of halogens is 4. The van der Waals surface area contributed by atoms with Gasteiger partial charge in [-0.25, -0.2) is 22.7 Å². The summed E-state index contributed by atoms with van der Waals surface area (Å²) >= 11 is 3.59. The van der Waals surface area contributed by atoms with E-state index >= 15 is 0 Å². The van der Waals surface area contributed by atoms with Crippen LogP contribution in [0.15, 0.2) is 16.9 Å². The Labute approximate surface area is 145 Å². The molecule has 1 heterocycles. The number of benzene rings is 1. The summed E-state index contributed by atoms with van der Waals surface area (Å²) in [4.78, 5) is 24.0. The first kappa shape index (κ1) is 19.1. The smallest absolute Gasteiger partial charge is 0.277 e. The molecule has 0 radical (unpaired) electrons. The van der Waals surface area contributed by atoms with Gasteiger partial charge in [-0.1, -0.05) is 11.6 Å². The minimum Gasteiger partial charge on any atom is -0.277 e. The average Bonchev–Trinajstić information content (AvgIpc) is 2.81. The Morgan fingerprint density at radius 2 is 2.08 bits per heavy atom. The van der Waals surface area contributed by atoms with Crippen LogP contribution in [0.5, 0.6) is 0 Å². The largest absolute Gasteiger partial charge is 0.355 e. The predicted octanol–water partition coefficient (Wildman–Crippen LogP) is 1.48. The Morgan fingerprint density at radius 3 is 2.60 bits per heavy atom. The van der Waals surface area contributed by atoms with Crippen molar-refractivity contribution in [2.75, 3.05) is 7.11 Å². The molecule has 0 bridgehead atoms. The molecule has 136 valence electrons. The van der Waals surface area contributed by atoms with Crippen molar-refractivity contribution in [3.05, 3.63) is 44.8 Å². The number of nitrogens with one attached hydrogen (secondary N) is 1. The van der Waals surface area contributed by atoms with Gasteiger partial charge in [0.1, 0.15) is 11.5 Å². The van der Waals surface area contributed by atoms with Crippen LogP contribution in [0.3, 0.4) is 0 Å². The maximum atomic E-state index is 14.1. The lowest BCUT2D eigenvalue weighted by Crippen LogP contribution is -2.28. The van der Waals surface area contributed by atoms with E-state index in [1.807, 2.05) is 4.72 Å². The lowest BCUT2D eigenvalue weighted by molar-refractivity contribution is 0.0639. The van der Waals surface area contributed by atoms with Gasteiger partial charge in [0.2, 0.25) is 0 Å². The maximum Gasteiger partial charge on any atom is 0.355 e. The van der Waals surface area contributed by atoms with Crippen LogP contribution in [0.25, 0.3) is 5.69 Å². The Kier molecular flexibility index (Phi) is 5.65. The fourth-order valence-electron chi connectivity index (χ4n) is 1.90. The van der Waals surface area contributed by atoms with Crippen LogP contribution in [0.4, 0.5) is 13.2 Å². The number of hydrogen-bond donors (Lipinski definition) is 1. The first-order valence-corrected chi connectivity index (χ1v) is 7.85. The van der Waals surface area contributed by atoms with Crippen molar-refractivity contribution in [1.29, 1.82) is 0 Å². The van der Waals surface area contributed by atoms with Crippen molar-refractivity contribution >= 4 is 28.8 Å². The Morgan fingerprint density at radius 1 is 1.44 bits per heavy atom. The monoisotopic (exact) mass is 398 g/mol. The third kappa shape index (κ3) is 3.75. The van der Waals surface area contributed by atoms with E-state index in [0.29, 0.717) is 10.7 Å². The molecule has 0 aliphatic carbocycles. The Bertz CT molecular complexity index is 914. The van der Waals surface area contributed by atoms with Gasteiger partial charge in [-0.15, -0.1) is 5.10 Å². The van der Waals surface area contributed by atoms with Crippen LogP contribution < -0.4 is 10.4 Å². The predicted molar refractivity (Wildman–Crippen MR) is 81.4 cm³/mol. The molecular formula is C12H10ClF3N4O4S. The number of rotatable bonds is 5. The molecule has 0 aliphatic rings. The van der Waals surface area contributed by atoms with Gasteiger partial charge >= 0.3 is 12.2 Å². The molecule has 1 aromatic heterocycles. The number of aryl methyl sites for hydroxylation is 1.